The van der Waals surface area contributed by atoms with E-state index in [1.165, 1.54) is 43.2 Å². The molecule has 2 fully saturated rings. The van der Waals surface area contributed by atoms with Crippen LogP contribution < -0.4 is 0 Å². The van der Waals surface area contributed by atoms with E-state index < -0.39 is 0 Å². The first-order chi connectivity index (χ1) is 23.9. The number of rotatable bonds is 5. The molecule has 8 rings (SSSR count). The Balaban J connectivity index is 1.25. The molecular weight excluding hydrogens is 828 g/mol. The summed E-state index contributed by atoms with van der Waals surface area (Å²) in [7, 11) is 0. The van der Waals surface area contributed by atoms with Crippen molar-refractivity contribution in [3.8, 4) is 57.4 Å². The average molecular weight is 860 g/mol. The van der Waals surface area contributed by atoms with Crippen LogP contribution in [0.3, 0.4) is 0 Å². The van der Waals surface area contributed by atoms with Gasteiger partial charge in [-0.3, -0.25) is 0 Å². The van der Waals surface area contributed by atoms with Crippen molar-refractivity contribution in [2.24, 2.45) is 5.92 Å². The third kappa shape index (κ3) is 6.35. The third-order valence-electron chi connectivity index (χ3n) is 10.2. The second-order valence-electron chi connectivity index (χ2n) is 13.4. The van der Waals surface area contributed by atoms with Crippen molar-refractivity contribution in [1.29, 1.82) is 10.5 Å². The summed E-state index contributed by atoms with van der Waals surface area (Å²) in [5.74, 6) is 2.44. The fourth-order valence-corrected chi connectivity index (χ4v) is 11.1. The van der Waals surface area contributed by atoms with Crippen LogP contribution in [0.2, 0.25) is 0 Å². The fraction of sp³-hybridized carbons (Fsp3) is 0.214. The quantitative estimate of drug-likeness (QED) is 0.127. The van der Waals surface area contributed by atoms with Gasteiger partial charge in [-0.1, -0.05) is 93.7 Å². The molecule has 7 heteroatoms. The maximum atomic E-state index is 9.37. The molecule has 5 nitrogen and oxygen atoms in total. The number of benzene rings is 5. The van der Waals surface area contributed by atoms with Crippen LogP contribution >= 0.6 is 45.2 Å². The number of halogens is 2. The van der Waals surface area contributed by atoms with Gasteiger partial charge >= 0.3 is 0 Å². The van der Waals surface area contributed by atoms with E-state index in [-0.39, 0.29) is 5.41 Å². The molecular formula is C42H31I2N5. The first kappa shape index (κ1) is 32.0. The van der Waals surface area contributed by atoms with Crippen LogP contribution in [-0.2, 0) is 5.41 Å². The summed E-state index contributed by atoms with van der Waals surface area (Å²) in [5, 5.41) is 20.9. The van der Waals surface area contributed by atoms with Gasteiger partial charge in [0.25, 0.3) is 0 Å². The summed E-state index contributed by atoms with van der Waals surface area (Å²) in [6.45, 7) is 0. The number of nitriles is 2. The Morgan fingerprint density at radius 2 is 1.10 bits per heavy atom. The van der Waals surface area contributed by atoms with Gasteiger partial charge in [0, 0.05) is 24.5 Å². The van der Waals surface area contributed by atoms with Crippen molar-refractivity contribution in [3.05, 3.63) is 126 Å². The number of fused-ring (bicyclic) bond motifs is 3. The zero-order valence-corrected chi connectivity index (χ0v) is 31.0. The van der Waals surface area contributed by atoms with Crippen molar-refractivity contribution >= 4 is 56.0 Å². The minimum absolute atomic E-state index is 0.278. The van der Waals surface area contributed by atoms with Crippen LogP contribution in [0.1, 0.15) is 48.8 Å². The second-order valence-corrected chi connectivity index (χ2v) is 17.0. The van der Waals surface area contributed by atoms with Gasteiger partial charge in [0.15, 0.2) is 17.5 Å². The minimum Gasteiger partial charge on any atom is -0.208 e. The molecule has 0 aliphatic heterocycles. The van der Waals surface area contributed by atoms with E-state index in [4.69, 9.17) is 15.0 Å². The number of nitrogens with zero attached hydrogens (tertiary/aromatic N) is 5. The van der Waals surface area contributed by atoms with E-state index >= 15 is 0 Å². The third-order valence-corrected chi connectivity index (χ3v) is 12.1. The Kier molecular flexibility index (Phi) is 8.67. The van der Waals surface area contributed by atoms with Gasteiger partial charge in [-0.15, -0.1) is 0 Å². The summed E-state index contributed by atoms with van der Waals surface area (Å²) >= 11 is 5.39. The fourth-order valence-electron chi connectivity index (χ4n) is 7.98. The smallest absolute Gasteiger partial charge is 0.164 e. The molecule has 6 aromatic rings. The standard InChI is InChI=1S/C42H31I2N5/c43-35-17-28-18-36(44)23-42(21-28,22-35)34-15-13-29(14-16-34)33-19-32-3-1-2-4-37(32)38(20-33)41-48-39(30-9-5-26(24-45)6-10-30)47-40(49-41)31-11-7-27(25-46)8-12-31/h1-16,19-20,28,35-36H,17-18,21-23H2/t28?,35-,36+,42?. The Labute approximate surface area is 313 Å². The zero-order chi connectivity index (χ0) is 33.5. The summed E-state index contributed by atoms with van der Waals surface area (Å²) in [5.41, 5.74) is 7.70. The minimum atomic E-state index is 0.278. The van der Waals surface area contributed by atoms with Gasteiger partial charge in [0.1, 0.15) is 0 Å². The topological polar surface area (TPSA) is 86.2 Å². The molecule has 2 aliphatic rings. The lowest BCUT2D eigenvalue weighted by atomic mass is 9.59. The lowest BCUT2D eigenvalue weighted by Crippen LogP contribution is -2.44. The molecule has 0 N–H and O–H groups in total. The predicted molar refractivity (Wildman–Crippen MR) is 212 cm³/mol. The van der Waals surface area contributed by atoms with Gasteiger partial charge in [-0.25, -0.2) is 15.0 Å². The van der Waals surface area contributed by atoms with E-state index in [1.807, 2.05) is 30.3 Å². The highest BCUT2D eigenvalue weighted by Gasteiger charge is 2.46. The Morgan fingerprint density at radius 1 is 0.571 bits per heavy atom. The zero-order valence-electron chi connectivity index (χ0n) is 26.7. The monoisotopic (exact) mass is 859 g/mol. The first-order valence-corrected chi connectivity index (χ1v) is 19.1. The summed E-state index contributed by atoms with van der Waals surface area (Å²) < 4.78 is 1.48. The lowest BCUT2D eigenvalue weighted by Gasteiger charge is -2.49. The molecule has 2 unspecified atom stereocenters. The van der Waals surface area contributed by atoms with Crippen molar-refractivity contribution in [2.75, 3.05) is 0 Å². The molecule has 1 aromatic heterocycles. The molecule has 2 saturated carbocycles. The maximum Gasteiger partial charge on any atom is 0.164 e. The summed E-state index contributed by atoms with van der Waals surface area (Å²) in [6, 6.07) is 41.2. The summed E-state index contributed by atoms with van der Waals surface area (Å²) in [4.78, 5) is 14.9. The van der Waals surface area contributed by atoms with Crippen LogP contribution in [0.5, 0.6) is 0 Å². The highest BCUT2D eigenvalue weighted by Crippen LogP contribution is 2.54. The molecule has 2 bridgehead atoms. The summed E-state index contributed by atoms with van der Waals surface area (Å²) in [6.07, 6.45) is 6.57. The lowest BCUT2D eigenvalue weighted by molar-refractivity contribution is 0.167. The largest absolute Gasteiger partial charge is 0.208 e. The van der Waals surface area contributed by atoms with E-state index in [2.05, 4.69) is 112 Å². The van der Waals surface area contributed by atoms with E-state index in [1.54, 1.807) is 24.3 Å². The molecule has 0 amide bonds. The van der Waals surface area contributed by atoms with Crippen molar-refractivity contribution in [1.82, 2.24) is 15.0 Å². The van der Waals surface area contributed by atoms with Crippen molar-refractivity contribution in [3.63, 3.8) is 0 Å². The van der Waals surface area contributed by atoms with Crippen LogP contribution in [-0.4, -0.2) is 22.8 Å². The van der Waals surface area contributed by atoms with Gasteiger partial charge in [0.2, 0.25) is 0 Å². The number of hydrogen-bond acceptors (Lipinski definition) is 5. The van der Waals surface area contributed by atoms with Gasteiger partial charge < -0.3 is 0 Å². The Hall–Kier alpha value is -4.19. The normalized spacial score (nSPS) is 21.5. The van der Waals surface area contributed by atoms with Crippen molar-refractivity contribution < 1.29 is 0 Å². The van der Waals surface area contributed by atoms with Gasteiger partial charge in [-0.2, -0.15) is 10.5 Å². The van der Waals surface area contributed by atoms with E-state index in [0.717, 1.165) is 46.8 Å². The van der Waals surface area contributed by atoms with E-state index in [9.17, 15) is 10.5 Å². The van der Waals surface area contributed by atoms with Crippen LogP contribution in [0.4, 0.5) is 0 Å². The molecule has 5 aromatic carbocycles. The van der Waals surface area contributed by atoms with Crippen LogP contribution in [0.15, 0.2) is 109 Å². The molecule has 2 aliphatic carbocycles. The van der Waals surface area contributed by atoms with Gasteiger partial charge in [-0.05, 0) is 132 Å². The number of hydrogen-bond donors (Lipinski definition) is 0. The maximum absolute atomic E-state index is 9.37. The Bertz CT molecular complexity index is 2170. The molecule has 1 heterocycles. The first-order valence-electron chi connectivity index (χ1n) is 16.6. The molecule has 49 heavy (non-hydrogen) atoms. The SMILES string of the molecule is N#Cc1ccc(-c2nc(-c3ccc(C#N)cc3)nc(-c3cc(-c4ccc(C56CC(C[C@@H](I)C5)C[C@H](I)C6)cc4)cc4ccccc34)n2)cc1. The van der Waals surface area contributed by atoms with Crippen LogP contribution in [0, 0.1) is 28.6 Å². The Morgan fingerprint density at radius 3 is 1.67 bits per heavy atom. The van der Waals surface area contributed by atoms with Gasteiger partial charge in [0.05, 0.1) is 23.3 Å². The molecule has 238 valence electrons. The van der Waals surface area contributed by atoms with Crippen LogP contribution in [0.25, 0.3) is 56.1 Å². The highest BCUT2D eigenvalue weighted by atomic mass is 127. The molecule has 0 saturated heterocycles. The molecule has 4 atom stereocenters. The van der Waals surface area contributed by atoms with E-state index in [0.29, 0.717) is 28.6 Å². The van der Waals surface area contributed by atoms with Crippen molar-refractivity contribution in [2.45, 2.75) is 45.4 Å². The second kappa shape index (κ2) is 13.3. The number of alkyl halides is 2. The molecule has 0 spiro atoms. The average Bonchev–Trinajstić information content (AvgIpc) is 3.13. The molecule has 0 radical (unpaired) electrons. The number of aromatic nitrogens is 3. The highest BCUT2D eigenvalue weighted by molar-refractivity contribution is 14.1. The predicted octanol–water partition coefficient (Wildman–Crippen LogP) is 10.9.